The summed E-state index contributed by atoms with van der Waals surface area (Å²) in [5.74, 6) is 0. The summed E-state index contributed by atoms with van der Waals surface area (Å²) in [5.41, 5.74) is 11.7. The Morgan fingerprint density at radius 3 is 1.57 bits per heavy atom. The van der Waals surface area contributed by atoms with E-state index >= 15 is 0 Å². The molecule has 35 heavy (non-hydrogen) atoms. The Morgan fingerprint density at radius 1 is 0.514 bits per heavy atom. The summed E-state index contributed by atoms with van der Waals surface area (Å²) in [5, 5.41) is 6.71. The van der Waals surface area contributed by atoms with E-state index in [1.165, 1.54) is 77.1 Å². The Kier molecular flexibility index (Phi) is 5.04. The lowest BCUT2D eigenvalue weighted by Crippen LogP contribution is -1.98. The van der Waals surface area contributed by atoms with Crippen molar-refractivity contribution in [1.29, 1.82) is 0 Å². The number of aromatic nitrogens is 1. The molecule has 0 unspecified atom stereocenters. The van der Waals surface area contributed by atoms with Gasteiger partial charge in [-0.2, -0.15) is 0 Å². The third-order valence-corrected chi connectivity index (χ3v) is 7.41. The van der Waals surface area contributed by atoms with Crippen LogP contribution >= 0.6 is 0 Å². The van der Waals surface area contributed by atoms with Crippen molar-refractivity contribution in [3.05, 3.63) is 107 Å². The van der Waals surface area contributed by atoms with Gasteiger partial charge in [-0.1, -0.05) is 107 Å². The maximum Gasteiger partial charge on any atom is 0.0577 e. The Labute approximate surface area is 207 Å². The molecule has 0 aliphatic rings. The second-order valence-corrected chi connectivity index (χ2v) is 10.0. The molecule has 0 amide bonds. The minimum atomic E-state index is 0.909. The van der Waals surface area contributed by atoms with E-state index in [0.29, 0.717) is 0 Å². The standard InChI is InChI=1S/C34H31N/c1-6-35-33(26-15-9-22(3)10-16-26)31(25-13-7-21(2)8-14-25)32-27-17-11-23(4)19-29(27)30-20-24(5)12-18-28(30)34(32)35/h7-20H,6H2,1-5H3. The highest BCUT2D eigenvalue weighted by Crippen LogP contribution is 2.47. The van der Waals surface area contributed by atoms with Crippen molar-refractivity contribution in [2.45, 2.75) is 41.2 Å². The molecule has 1 nitrogen and oxygen atoms in total. The summed E-state index contributed by atoms with van der Waals surface area (Å²) >= 11 is 0. The molecule has 1 aromatic heterocycles. The average molecular weight is 454 g/mol. The largest absolute Gasteiger partial charge is 0.340 e. The van der Waals surface area contributed by atoms with Crippen LogP contribution in [0.5, 0.6) is 0 Å². The third kappa shape index (κ3) is 3.38. The lowest BCUT2D eigenvalue weighted by Gasteiger charge is -2.13. The molecule has 6 rings (SSSR count). The van der Waals surface area contributed by atoms with Gasteiger partial charge in [0.15, 0.2) is 0 Å². The van der Waals surface area contributed by atoms with Gasteiger partial charge in [-0.3, -0.25) is 0 Å². The van der Waals surface area contributed by atoms with Crippen LogP contribution in [0.15, 0.2) is 84.9 Å². The van der Waals surface area contributed by atoms with Gasteiger partial charge in [0.2, 0.25) is 0 Å². The Morgan fingerprint density at radius 2 is 1.00 bits per heavy atom. The summed E-state index contributed by atoms with van der Waals surface area (Å²) in [6, 6.07) is 32.0. The van der Waals surface area contributed by atoms with Crippen LogP contribution in [0.4, 0.5) is 0 Å². The first-order valence-electron chi connectivity index (χ1n) is 12.6. The van der Waals surface area contributed by atoms with Crippen molar-refractivity contribution < 1.29 is 0 Å². The van der Waals surface area contributed by atoms with Crippen molar-refractivity contribution in [2.24, 2.45) is 0 Å². The van der Waals surface area contributed by atoms with E-state index < -0.39 is 0 Å². The van der Waals surface area contributed by atoms with E-state index in [2.05, 4.69) is 124 Å². The quantitative estimate of drug-likeness (QED) is 0.235. The third-order valence-electron chi connectivity index (χ3n) is 7.41. The number of aryl methyl sites for hydroxylation is 5. The highest BCUT2D eigenvalue weighted by Gasteiger charge is 2.24. The second kappa shape index (κ2) is 8.13. The van der Waals surface area contributed by atoms with Crippen molar-refractivity contribution in [3.63, 3.8) is 0 Å². The molecule has 0 spiro atoms. The van der Waals surface area contributed by atoms with E-state index in [1.54, 1.807) is 0 Å². The van der Waals surface area contributed by atoms with Crippen LogP contribution in [0, 0.1) is 27.7 Å². The minimum Gasteiger partial charge on any atom is -0.340 e. The minimum absolute atomic E-state index is 0.909. The molecule has 0 aliphatic carbocycles. The van der Waals surface area contributed by atoms with Gasteiger partial charge in [-0.25, -0.2) is 0 Å². The molecular weight excluding hydrogens is 422 g/mol. The summed E-state index contributed by atoms with van der Waals surface area (Å²) in [6.45, 7) is 11.9. The van der Waals surface area contributed by atoms with Gasteiger partial charge in [0, 0.05) is 22.9 Å². The zero-order chi connectivity index (χ0) is 24.3. The van der Waals surface area contributed by atoms with Gasteiger partial charge in [0.05, 0.1) is 11.2 Å². The van der Waals surface area contributed by atoms with Gasteiger partial charge in [0.25, 0.3) is 0 Å². The van der Waals surface area contributed by atoms with E-state index in [4.69, 9.17) is 0 Å². The zero-order valence-electron chi connectivity index (χ0n) is 21.2. The maximum absolute atomic E-state index is 2.55. The number of hydrogen-bond acceptors (Lipinski definition) is 0. The topological polar surface area (TPSA) is 4.93 Å². The molecule has 0 saturated heterocycles. The Hall–Kier alpha value is -3.84. The maximum atomic E-state index is 2.55. The SMILES string of the molecule is CCn1c(-c2ccc(C)cc2)c(-c2ccc(C)cc2)c2c3ccc(C)cc3c3cc(C)ccc3c21. The first kappa shape index (κ1) is 21.7. The van der Waals surface area contributed by atoms with Gasteiger partial charge in [-0.15, -0.1) is 0 Å². The molecule has 1 heterocycles. The molecule has 172 valence electrons. The predicted octanol–water partition coefficient (Wildman–Crippen LogP) is 9.54. The van der Waals surface area contributed by atoms with Crippen molar-refractivity contribution in [3.8, 4) is 22.4 Å². The first-order valence-corrected chi connectivity index (χ1v) is 12.6. The second-order valence-electron chi connectivity index (χ2n) is 10.0. The predicted molar refractivity (Wildman–Crippen MR) is 152 cm³/mol. The van der Waals surface area contributed by atoms with Crippen molar-refractivity contribution in [2.75, 3.05) is 0 Å². The summed E-state index contributed by atoms with van der Waals surface area (Å²) in [6.07, 6.45) is 0. The van der Waals surface area contributed by atoms with Gasteiger partial charge in [0.1, 0.15) is 0 Å². The Bertz CT molecular complexity index is 1730. The van der Waals surface area contributed by atoms with Crippen LogP contribution in [0.1, 0.15) is 29.2 Å². The molecule has 1 heteroatoms. The lowest BCUT2D eigenvalue weighted by atomic mass is 9.91. The van der Waals surface area contributed by atoms with Gasteiger partial charge >= 0.3 is 0 Å². The molecular formula is C34H31N. The lowest BCUT2D eigenvalue weighted by molar-refractivity contribution is 0.808. The number of nitrogens with zero attached hydrogens (tertiary/aromatic N) is 1. The highest BCUT2D eigenvalue weighted by molar-refractivity contribution is 6.30. The molecule has 0 fully saturated rings. The fourth-order valence-electron chi connectivity index (χ4n) is 5.68. The fourth-order valence-corrected chi connectivity index (χ4v) is 5.68. The molecule has 0 saturated carbocycles. The molecule has 0 aliphatic heterocycles. The van der Waals surface area contributed by atoms with Crippen LogP contribution in [0.3, 0.4) is 0 Å². The van der Waals surface area contributed by atoms with Crippen LogP contribution in [-0.2, 0) is 6.54 Å². The van der Waals surface area contributed by atoms with Crippen LogP contribution in [0.2, 0.25) is 0 Å². The van der Waals surface area contributed by atoms with E-state index in [1.807, 2.05) is 0 Å². The zero-order valence-corrected chi connectivity index (χ0v) is 21.2. The molecule has 6 aromatic rings. The summed E-state index contributed by atoms with van der Waals surface area (Å²) in [7, 11) is 0. The smallest absolute Gasteiger partial charge is 0.0577 e. The molecule has 0 radical (unpaired) electrons. The summed E-state index contributed by atoms with van der Waals surface area (Å²) in [4.78, 5) is 0. The number of rotatable bonds is 3. The van der Waals surface area contributed by atoms with Crippen LogP contribution in [-0.4, -0.2) is 4.57 Å². The molecule has 0 bridgehead atoms. The van der Waals surface area contributed by atoms with Gasteiger partial charge in [-0.05, 0) is 61.9 Å². The van der Waals surface area contributed by atoms with E-state index in [-0.39, 0.29) is 0 Å². The number of hydrogen-bond donors (Lipinski definition) is 0. The monoisotopic (exact) mass is 453 g/mol. The van der Waals surface area contributed by atoms with Crippen molar-refractivity contribution >= 4 is 32.4 Å². The van der Waals surface area contributed by atoms with Crippen LogP contribution in [0.25, 0.3) is 54.8 Å². The number of fused-ring (bicyclic) bond motifs is 6. The molecule has 5 aromatic carbocycles. The van der Waals surface area contributed by atoms with Gasteiger partial charge < -0.3 is 4.57 Å². The Balaban J connectivity index is 1.92. The molecule has 0 N–H and O–H groups in total. The average Bonchev–Trinajstić information content (AvgIpc) is 3.20. The molecule has 0 atom stereocenters. The summed E-state index contributed by atoms with van der Waals surface area (Å²) < 4.78 is 2.55. The fraction of sp³-hybridized carbons (Fsp3) is 0.176. The highest BCUT2D eigenvalue weighted by atomic mass is 15.0. The number of benzene rings is 5. The van der Waals surface area contributed by atoms with E-state index in [9.17, 15) is 0 Å². The van der Waals surface area contributed by atoms with Crippen LogP contribution < -0.4 is 0 Å². The van der Waals surface area contributed by atoms with Crippen molar-refractivity contribution in [1.82, 2.24) is 4.57 Å². The van der Waals surface area contributed by atoms with E-state index in [0.717, 1.165) is 6.54 Å². The first-order chi connectivity index (χ1) is 17.0. The normalized spacial score (nSPS) is 11.7.